The second-order valence-corrected chi connectivity index (χ2v) is 6.36. The summed E-state index contributed by atoms with van der Waals surface area (Å²) in [6, 6.07) is 11.0. The maximum atomic E-state index is 11.9. The quantitative estimate of drug-likeness (QED) is 0.451. The number of carbonyl (C=O) groups excluding carboxylic acids is 2. The Morgan fingerprint density at radius 1 is 0.957 bits per heavy atom. The van der Waals surface area contributed by atoms with E-state index in [0.717, 1.165) is 10.0 Å². The van der Waals surface area contributed by atoms with Crippen molar-refractivity contribution >= 4 is 33.9 Å². The van der Waals surface area contributed by atoms with Crippen LogP contribution in [-0.2, 0) is 19.1 Å². The summed E-state index contributed by atoms with van der Waals surface area (Å²) in [7, 11) is 0. The predicted molar refractivity (Wildman–Crippen MR) is 86.1 cm³/mol. The second kappa shape index (κ2) is 5.70. The van der Waals surface area contributed by atoms with Crippen molar-refractivity contribution in [3.63, 3.8) is 0 Å². The molecule has 0 spiro atoms. The van der Waals surface area contributed by atoms with E-state index in [0.29, 0.717) is 11.5 Å². The lowest BCUT2D eigenvalue weighted by Crippen LogP contribution is -2.41. The van der Waals surface area contributed by atoms with Crippen molar-refractivity contribution in [2.24, 2.45) is 0 Å². The van der Waals surface area contributed by atoms with E-state index in [1.807, 2.05) is 24.3 Å². The first-order valence-corrected chi connectivity index (χ1v) is 7.67. The van der Waals surface area contributed by atoms with Gasteiger partial charge in [0.2, 0.25) is 0 Å². The number of halogens is 1. The topological polar surface area (TPSA) is 65.7 Å². The molecule has 5 nitrogen and oxygen atoms in total. The van der Waals surface area contributed by atoms with Crippen molar-refractivity contribution in [1.82, 2.24) is 0 Å². The molecule has 0 radical (unpaired) electrons. The predicted octanol–water partition coefficient (Wildman–Crippen LogP) is 3.93. The van der Waals surface area contributed by atoms with Gasteiger partial charge in [0.15, 0.2) is 0 Å². The van der Waals surface area contributed by atoms with Gasteiger partial charge in [-0.05, 0) is 24.3 Å². The molecule has 1 saturated heterocycles. The lowest BCUT2D eigenvalue weighted by atomic mass is 10.2. The van der Waals surface area contributed by atoms with Gasteiger partial charge in [-0.2, -0.15) is 0 Å². The number of hydrogen-bond donors (Lipinski definition) is 0. The molecule has 0 saturated carbocycles. The summed E-state index contributed by atoms with van der Waals surface area (Å²) in [6.07, 6.45) is 1.32. The molecular weight excluding hydrogens is 364 g/mol. The van der Waals surface area contributed by atoms with Crippen LogP contribution in [0.1, 0.15) is 19.6 Å². The number of benzene rings is 1. The van der Waals surface area contributed by atoms with Gasteiger partial charge in [0.1, 0.15) is 17.1 Å². The van der Waals surface area contributed by atoms with Crippen LogP contribution in [0.4, 0.5) is 0 Å². The third-order valence-corrected chi connectivity index (χ3v) is 3.69. The van der Waals surface area contributed by atoms with Gasteiger partial charge >= 0.3 is 11.9 Å². The first-order valence-electron chi connectivity index (χ1n) is 6.88. The zero-order valence-corrected chi connectivity index (χ0v) is 14.0. The van der Waals surface area contributed by atoms with Gasteiger partial charge in [-0.25, -0.2) is 9.59 Å². The van der Waals surface area contributed by atoms with Gasteiger partial charge < -0.3 is 13.9 Å². The molecule has 0 amide bonds. The van der Waals surface area contributed by atoms with Crippen molar-refractivity contribution in [3.8, 4) is 11.3 Å². The fourth-order valence-electron chi connectivity index (χ4n) is 2.12. The lowest BCUT2D eigenvalue weighted by Gasteiger charge is -2.29. The molecule has 1 aliphatic rings. The minimum absolute atomic E-state index is 0.193. The molecule has 1 fully saturated rings. The summed E-state index contributed by atoms with van der Waals surface area (Å²) in [4.78, 5) is 23.8. The summed E-state index contributed by atoms with van der Waals surface area (Å²) in [5.74, 6) is -1.72. The van der Waals surface area contributed by atoms with Gasteiger partial charge in [-0.3, -0.25) is 0 Å². The van der Waals surface area contributed by atoms with Gasteiger partial charge in [0.25, 0.3) is 5.79 Å². The average Bonchev–Trinajstić information content (AvgIpc) is 2.91. The minimum atomic E-state index is -1.25. The maximum Gasteiger partial charge on any atom is 0.348 e. The number of cyclic esters (lactones) is 2. The molecule has 1 aromatic heterocycles. The van der Waals surface area contributed by atoms with Crippen LogP contribution in [-0.4, -0.2) is 17.7 Å². The monoisotopic (exact) mass is 376 g/mol. The Morgan fingerprint density at radius 2 is 1.57 bits per heavy atom. The minimum Gasteiger partial charge on any atom is -0.457 e. The standard InChI is InChI=1S/C17H13BrO5/c1-17(2)22-15(19)13(16(20)23-17)9-12-7-8-14(21-12)10-3-5-11(18)6-4-10/h3-9H,1-2H3. The Kier molecular flexibility index (Phi) is 3.85. The molecule has 3 rings (SSSR count). The first-order chi connectivity index (χ1) is 10.8. The van der Waals surface area contributed by atoms with Crippen LogP contribution >= 0.6 is 15.9 Å². The number of hydrogen-bond acceptors (Lipinski definition) is 5. The van der Waals surface area contributed by atoms with Crippen LogP contribution < -0.4 is 0 Å². The number of furan rings is 1. The molecular formula is C17H13BrO5. The van der Waals surface area contributed by atoms with E-state index in [1.165, 1.54) is 19.9 Å². The maximum absolute atomic E-state index is 11.9. The van der Waals surface area contributed by atoms with Crippen LogP contribution in [0, 0.1) is 0 Å². The van der Waals surface area contributed by atoms with Crippen LogP contribution in [0.2, 0.25) is 0 Å². The highest BCUT2D eigenvalue weighted by atomic mass is 79.9. The largest absolute Gasteiger partial charge is 0.457 e. The van der Waals surface area contributed by atoms with E-state index in [9.17, 15) is 9.59 Å². The molecule has 0 bridgehead atoms. The van der Waals surface area contributed by atoms with Crippen LogP contribution in [0.15, 0.2) is 50.9 Å². The Balaban J connectivity index is 1.87. The molecule has 1 aromatic carbocycles. The number of ether oxygens (including phenoxy) is 2. The van der Waals surface area contributed by atoms with Crippen LogP contribution in [0.25, 0.3) is 17.4 Å². The first kappa shape index (κ1) is 15.6. The molecule has 1 aliphatic heterocycles. The summed E-state index contributed by atoms with van der Waals surface area (Å²) in [6.45, 7) is 3.00. The number of carbonyl (C=O) groups is 2. The normalized spacial score (nSPS) is 16.7. The molecule has 0 unspecified atom stereocenters. The average molecular weight is 377 g/mol. The van der Waals surface area contributed by atoms with Crippen LogP contribution in [0.3, 0.4) is 0 Å². The fourth-order valence-corrected chi connectivity index (χ4v) is 2.38. The van der Waals surface area contributed by atoms with E-state index in [2.05, 4.69) is 15.9 Å². The van der Waals surface area contributed by atoms with Crippen LogP contribution in [0.5, 0.6) is 0 Å². The van der Waals surface area contributed by atoms with E-state index < -0.39 is 17.7 Å². The van der Waals surface area contributed by atoms with Crippen molar-refractivity contribution in [3.05, 3.63) is 52.2 Å². The molecule has 0 N–H and O–H groups in total. The number of esters is 2. The Labute approximate surface area is 141 Å². The second-order valence-electron chi connectivity index (χ2n) is 5.45. The molecule has 0 aliphatic carbocycles. The zero-order valence-electron chi connectivity index (χ0n) is 12.5. The summed E-state index contributed by atoms with van der Waals surface area (Å²) < 4.78 is 16.7. The molecule has 2 heterocycles. The van der Waals surface area contributed by atoms with Gasteiger partial charge in [0.05, 0.1) is 0 Å². The summed E-state index contributed by atoms with van der Waals surface area (Å²) in [5.41, 5.74) is 0.689. The molecule has 6 heteroatoms. The lowest BCUT2D eigenvalue weighted by molar-refractivity contribution is -0.222. The van der Waals surface area contributed by atoms with E-state index in [-0.39, 0.29) is 5.57 Å². The Morgan fingerprint density at radius 3 is 2.17 bits per heavy atom. The van der Waals surface area contributed by atoms with Crippen molar-refractivity contribution < 1.29 is 23.5 Å². The Bertz CT molecular complexity index is 777. The molecule has 118 valence electrons. The third kappa shape index (κ3) is 3.37. The Hall–Kier alpha value is -2.34. The van der Waals surface area contributed by atoms with Gasteiger partial charge in [0, 0.05) is 30.0 Å². The van der Waals surface area contributed by atoms with Crippen molar-refractivity contribution in [2.45, 2.75) is 19.6 Å². The highest BCUT2D eigenvalue weighted by Crippen LogP contribution is 2.27. The third-order valence-electron chi connectivity index (χ3n) is 3.16. The number of rotatable bonds is 2. The highest BCUT2D eigenvalue weighted by molar-refractivity contribution is 9.10. The fraction of sp³-hybridized carbons (Fsp3) is 0.176. The van der Waals surface area contributed by atoms with Gasteiger partial charge in [-0.1, -0.05) is 28.1 Å². The zero-order chi connectivity index (χ0) is 16.6. The molecule has 0 atom stereocenters. The van der Waals surface area contributed by atoms with Gasteiger partial charge in [-0.15, -0.1) is 0 Å². The molecule has 23 heavy (non-hydrogen) atoms. The summed E-state index contributed by atoms with van der Waals surface area (Å²) in [5, 5.41) is 0. The summed E-state index contributed by atoms with van der Waals surface area (Å²) >= 11 is 3.37. The van der Waals surface area contributed by atoms with Crippen molar-refractivity contribution in [2.75, 3.05) is 0 Å². The van der Waals surface area contributed by atoms with E-state index in [4.69, 9.17) is 13.9 Å². The SMILES string of the molecule is CC1(C)OC(=O)C(=Cc2ccc(-c3ccc(Br)cc3)o2)C(=O)O1. The van der Waals surface area contributed by atoms with E-state index in [1.54, 1.807) is 12.1 Å². The molecule has 2 aromatic rings. The van der Waals surface area contributed by atoms with E-state index >= 15 is 0 Å². The smallest absolute Gasteiger partial charge is 0.348 e. The highest BCUT2D eigenvalue weighted by Gasteiger charge is 2.39. The van der Waals surface area contributed by atoms with Crippen molar-refractivity contribution in [1.29, 1.82) is 0 Å².